The van der Waals surface area contributed by atoms with Crippen LogP contribution in [0, 0.1) is 17.3 Å². The Morgan fingerprint density at radius 2 is 1.93 bits per heavy atom. The molecule has 0 radical (unpaired) electrons. The Balaban J connectivity index is 2.42. The van der Waals surface area contributed by atoms with Crippen LogP contribution in [0.4, 0.5) is 0 Å². The largest absolute Gasteiger partial charge is 0.467 e. The molecule has 1 saturated carbocycles. The predicted molar refractivity (Wildman–Crippen MR) is 110 cm³/mol. The van der Waals surface area contributed by atoms with Crippen LogP contribution in [0.25, 0.3) is 0 Å². The molecule has 0 aromatic heterocycles. The van der Waals surface area contributed by atoms with Gasteiger partial charge in [0.05, 0.1) is 7.11 Å². The third kappa shape index (κ3) is 8.26. The molecule has 1 aliphatic rings. The number of ether oxygens (including phenoxy) is 1. The van der Waals surface area contributed by atoms with Crippen molar-refractivity contribution < 1.29 is 24.2 Å². The van der Waals surface area contributed by atoms with E-state index in [2.05, 4.69) is 25.5 Å². The highest BCUT2D eigenvalue weighted by Crippen LogP contribution is 2.38. The lowest BCUT2D eigenvalue weighted by Crippen LogP contribution is -2.29. The van der Waals surface area contributed by atoms with E-state index in [0.29, 0.717) is 30.0 Å². The Labute approximate surface area is 169 Å². The Morgan fingerprint density at radius 3 is 2.57 bits per heavy atom. The van der Waals surface area contributed by atoms with Gasteiger partial charge in [0.1, 0.15) is 5.78 Å². The van der Waals surface area contributed by atoms with Crippen LogP contribution in [-0.4, -0.2) is 35.9 Å². The highest BCUT2D eigenvalue weighted by Gasteiger charge is 2.33. The minimum atomic E-state index is -1.77. The fraction of sp³-hybridized carbons (Fsp3) is 0.783. The summed E-state index contributed by atoms with van der Waals surface area (Å²) in [6.45, 7) is 6.90. The number of esters is 1. The molecule has 160 valence electrons. The number of unbranched alkanes of at least 4 members (excludes halogenated alkanes) is 1. The maximum absolute atomic E-state index is 12.3. The number of hydrogen-bond acceptors (Lipinski definition) is 5. The molecule has 0 aliphatic heterocycles. The molecule has 0 heterocycles. The van der Waals surface area contributed by atoms with Crippen LogP contribution in [0.5, 0.6) is 0 Å². The molecule has 1 fully saturated rings. The van der Waals surface area contributed by atoms with Crippen LogP contribution in [0.2, 0.25) is 0 Å². The normalized spacial score (nSPS) is 21.2. The third-order valence-corrected chi connectivity index (χ3v) is 6.00. The molecule has 0 saturated heterocycles. The van der Waals surface area contributed by atoms with Crippen molar-refractivity contribution in [3.63, 3.8) is 0 Å². The minimum absolute atomic E-state index is 0.0732. The summed E-state index contributed by atoms with van der Waals surface area (Å²) in [6, 6.07) is 0. The number of allylic oxidation sites excluding steroid dienone is 1. The predicted octanol–water partition coefficient (Wildman–Crippen LogP) is 4.41. The number of rotatable bonds is 13. The summed E-state index contributed by atoms with van der Waals surface area (Å²) in [5, 5.41) is 9.47. The van der Waals surface area contributed by atoms with Crippen molar-refractivity contribution in [3.05, 3.63) is 12.2 Å². The van der Waals surface area contributed by atoms with E-state index in [1.54, 1.807) is 6.08 Å². The second-order valence-corrected chi connectivity index (χ2v) is 8.84. The summed E-state index contributed by atoms with van der Waals surface area (Å²) in [6.07, 6.45) is 11.3. The molecule has 28 heavy (non-hydrogen) atoms. The van der Waals surface area contributed by atoms with Gasteiger partial charge in [0, 0.05) is 12.3 Å². The quantitative estimate of drug-likeness (QED) is 0.284. The average molecular weight is 395 g/mol. The van der Waals surface area contributed by atoms with Crippen molar-refractivity contribution in [2.45, 2.75) is 91.1 Å². The lowest BCUT2D eigenvalue weighted by Gasteiger charge is -2.26. The minimum Gasteiger partial charge on any atom is -0.467 e. The molecule has 5 nitrogen and oxygen atoms in total. The van der Waals surface area contributed by atoms with Crippen LogP contribution in [0.15, 0.2) is 12.2 Å². The van der Waals surface area contributed by atoms with Gasteiger partial charge in [0.15, 0.2) is 5.78 Å². The molecule has 5 heteroatoms. The van der Waals surface area contributed by atoms with Gasteiger partial charge in [-0.15, -0.1) is 0 Å². The SMILES string of the molecule is CCCCC(C)(C)CCC[C@H]1CCC(=O)[C@@H]1CCC=CC(=O)C(O)C(=O)OC. The lowest BCUT2D eigenvalue weighted by atomic mass is 9.80. The molecule has 1 rings (SSSR count). The molecule has 0 bridgehead atoms. The summed E-state index contributed by atoms with van der Waals surface area (Å²) in [5.74, 6) is -0.786. The Bertz CT molecular complexity index is 549. The van der Waals surface area contributed by atoms with Crippen LogP contribution in [-0.2, 0) is 19.1 Å². The van der Waals surface area contributed by atoms with Crippen molar-refractivity contribution >= 4 is 17.5 Å². The molecule has 0 aromatic carbocycles. The number of ketones is 2. The van der Waals surface area contributed by atoms with Crippen LogP contribution in [0.3, 0.4) is 0 Å². The fourth-order valence-corrected chi connectivity index (χ4v) is 4.14. The summed E-state index contributed by atoms with van der Waals surface area (Å²) in [7, 11) is 1.12. The summed E-state index contributed by atoms with van der Waals surface area (Å²) >= 11 is 0. The number of hydrogen-bond donors (Lipinski definition) is 1. The first kappa shape index (κ1) is 24.5. The van der Waals surface area contributed by atoms with Gasteiger partial charge in [-0.3, -0.25) is 9.59 Å². The Hall–Kier alpha value is -1.49. The number of Topliss-reactive ketones (excluding diaryl/α,β-unsaturated/α-hetero) is 1. The first-order valence-electron chi connectivity index (χ1n) is 10.7. The number of aliphatic hydroxyl groups excluding tert-OH is 1. The number of methoxy groups -OCH3 is 1. The van der Waals surface area contributed by atoms with Gasteiger partial charge in [-0.25, -0.2) is 4.79 Å². The summed E-state index contributed by atoms with van der Waals surface area (Å²) in [4.78, 5) is 35.1. The van der Waals surface area contributed by atoms with Gasteiger partial charge in [-0.2, -0.15) is 0 Å². The van der Waals surface area contributed by atoms with Crippen LogP contribution < -0.4 is 0 Å². The van der Waals surface area contributed by atoms with Gasteiger partial charge in [-0.1, -0.05) is 46.1 Å². The number of carbonyl (C=O) groups is 3. The monoisotopic (exact) mass is 394 g/mol. The second kappa shape index (κ2) is 12.2. The molecule has 0 aromatic rings. The van der Waals surface area contributed by atoms with E-state index >= 15 is 0 Å². The number of carbonyl (C=O) groups excluding carboxylic acids is 3. The number of aliphatic hydroxyl groups is 1. The van der Waals surface area contributed by atoms with Crippen molar-refractivity contribution in [3.8, 4) is 0 Å². The Kier molecular flexibility index (Phi) is 10.7. The van der Waals surface area contributed by atoms with E-state index in [1.807, 2.05) is 0 Å². The highest BCUT2D eigenvalue weighted by molar-refractivity contribution is 6.07. The fourth-order valence-electron chi connectivity index (χ4n) is 4.14. The maximum Gasteiger partial charge on any atom is 0.342 e. The first-order chi connectivity index (χ1) is 13.2. The topological polar surface area (TPSA) is 80.7 Å². The van der Waals surface area contributed by atoms with Crippen molar-refractivity contribution in [1.82, 2.24) is 0 Å². The van der Waals surface area contributed by atoms with Crippen molar-refractivity contribution in [2.75, 3.05) is 7.11 Å². The smallest absolute Gasteiger partial charge is 0.342 e. The zero-order valence-electron chi connectivity index (χ0n) is 18.0. The van der Waals surface area contributed by atoms with Gasteiger partial charge < -0.3 is 9.84 Å². The van der Waals surface area contributed by atoms with Gasteiger partial charge >= 0.3 is 5.97 Å². The molecule has 3 atom stereocenters. The van der Waals surface area contributed by atoms with E-state index < -0.39 is 17.9 Å². The molecule has 1 N–H and O–H groups in total. The summed E-state index contributed by atoms with van der Waals surface area (Å²) in [5.41, 5.74) is 0.373. The average Bonchev–Trinajstić information content (AvgIpc) is 3.01. The summed E-state index contributed by atoms with van der Waals surface area (Å²) < 4.78 is 4.34. The third-order valence-electron chi connectivity index (χ3n) is 6.00. The molecule has 1 unspecified atom stereocenters. The van der Waals surface area contributed by atoms with Crippen LogP contribution >= 0.6 is 0 Å². The van der Waals surface area contributed by atoms with E-state index in [9.17, 15) is 19.5 Å². The van der Waals surface area contributed by atoms with E-state index in [1.165, 1.54) is 31.8 Å². The standard InChI is InChI=1S/C23H38O5/c1-5-6-15-23(2,3)16-9-10-17-13-14-19(24)18(17)11-7-8-12-20(25)21(26)22(27)28-4/h8,12,17-18,21,26H,5-7,9-11,13-16H2,1-4H3/t17-,18+,21?/m0/s1. The lowest BCUT2D eigenvalue weighted by molar-refractivity contribution is -0.153. The zero-order valence-corrected chi connectivity index (χ0v) is 18.0. The van der Waals surface area contributed by atoms with E-state index in [-0.39, 0.29) is 5.92 Å². The first-order valence-corrected chi connectivity index (χ1v) is 10.7. The molecule has 0 amide bonds. The van der Waals surface area contributed by atoms with E-state index in [0.717, 1.165) is 32.8 Å². The second-order valence-electron chi connectivity index (χ2n) is 8.84. The molecule has 0 spiro atoms. The van der Waals surface area contributed by atoms with Crippen molar-refractivity contribution in [1.29, 1.82) is 0 Å². The molecular formula is C23H38O5. The molecular weight excluding hydrogens is 356 g/mol. The van der Waals surface area contributed by atoms with Crippen LogP contribution in [0.1, 0.15) is 85.0 Å². The highest BCUT2D eigenvalue weighted by atomic mass is 16.5. The zero-order chi connectivity index (χ0) is 21.2. The van der Waals surface area contributed by atoms with Gasteiger partial charge in [0.2, 0.25) is 6.10 Å². The molecule has 1 aliphatic carbocycles. The van der Waals surface area contributed by atoms with E-state index in [4.69, 9.17) is 0 Å². The van der Waals surface area contributed by atoms with Crippen molar-refractivity contribution in [2.24, 2.45) is 17.3 Å². The van der Waals surface area contributed by atoms with Gasteiger partial charge in [-0.05, 0) is 55.9 Å². The maximum atomic E-state index is 12.3. The van der Waals surface area contributed by atoms with Gasteiger partial charge in [0.25, 0.3) is 0 Å². The Morgan fingerprint density at radius 1 is 1.25 bits per heavy atom.